The molecular weight excluding hydrogens is 334 g/mol. The Balaban J connectivity index is 2.55. The molecule has 0 bridgehead atoms. The first-order valence-electron chi connectivity index (χ1n) is 5.60. The summed E-state index contributed by atoms with van der Waals surface area (Å²) >= 11 is 3.17. The monoisotopic (exact) mass is 345 g/mol. The third-order valence-corrected chi connectivity index (χ3v) is 2.95. The maximum atomic E-state index is 11.5. The number of amides is 2. The molecule has 2 amide bonds. The predicted octanol–water partition coefficient (Wildman–Crippen LogP) is 2.34. The van der Waals surface area contributed by atoms with Crippen LogP contribution in [0.5, 0.6) is 0 Å². The van der Waals surface area contributed by atoms with Crippen LogP contribution in [0.15, 0.2) is 22.7 Å². The first-order valence-corrected chi connectivity index (χ1v) is 6.40. The number of nitrogens with zero attached hydrogens (tertiary/aromatic N) is 1. The second-order valence-corrected chi connectivity index (χ2v) is 4.65. The lowest BCUT2D eigenvalue weighted by Gasteiger charge is -2.08. The van der Waals surface area contributed by atoms with Crippen LogP contribution in [0.1, 0.15) is 12.8 Å². The Morgan fingerprint density at radius 2 is 2.10 bits per heavy atom. The van der Waals surface area contributed by atoms with E-state index in [-0.39, 0.29) is 24.3 Å². The smallest absolute Gasteiger partial charge is 0.319 e. The largest absolute Gasteiger partial charge is 0.481 e. The van der Waals surface area contributed by atoms with Crippen molar-refractivity contribution in [2.24, 2.45) is 0 Å². The summed E-state index contributed by atoms with van der Waals surface area (Å²) in [5.74, 6) is -0.936. The van der Waals surface area contributed by atoms with Gasteiger partial charge in [0.15, 0.2) is 0 Å². The number of non-ortho nitro benzene ring substituents is 1. The number of carboxylic acid groups (broad SMARTS) is 1. The summed E-state index contributed by atoms with van der Waals surface area (Å²) in [7, 11) is 0. The summed E-state index contributed by atoms with van der Waals surface area (Å²) in [6, 6.07) is 3.43. The number of nitro benzene ring substituents is 1. The van der Waals surface area contributed by atoms with Crippen LogP contribution >= 0.6 is 15.9 Å². The van der Waals surface area contributed by atoms with Crippen LogP contribution in [0.2, 0.25) is 0 Å². The highest BCUT2D eigenvalue weighted by Crippen LogP contribution is 2.26. The summed E-state index contributed by atoms with van der Waals surface area (Å²) in [4.78, 5) is 31.9. The van der Waals surface area contributed by atoms with E-state index in [1.54, 1.807) is 0 Å². The van der Waals surface area contributed by atoms with E-state index in [1.165, 1.54) is 18.2 Å². The summed E-state index contributed by atoms with van der Waals surface area (Å²) in [6.07, 6.45) is 0.264. The number of urea groups is 1. The van der Waals surface area contributed by atoms with Gasteiger partial charge < -0.3 is 15.7 Å². The van der Waals surface area contributed by atoms with Gasteiger partial charge in [-0.1, -0.05) is 0 Å². The molecule has 0 heterocycles. The predicted molar refractivity (Wildman–Crippen MR) is 74.7 cm³/mol. The van der Waals surface area contributed by atoms with Gasteiger partial charge in [0, 0.05) is 29.6 Å². The molecule has 9 heteroatoms. The molecule has 0 aliphatic rings. The van der Waals surface area contributed by atoms with Crippen LogP contribution < -0.4 is 10.6 Å². The lowest BCUT2D eigenvalue weighted by Crippen LogP contribution is -2.29. The van der Waals surface area contributed by atoms with Gasteiger partial charge in [-0.3, -0.25) is 14.9 Å². The second kappa shape index (κ2) is 7.43. The standard InChI is InChI=1S/C11H12BrN3O5/c12-8-4-3-7(15(19)20)6-9(8)14-11(18)13-5-1-2-10(16)17/h3-4,6H,1-2,5H2,(H,16,17)(H2,13,14,18). The Bertz CT molecular complexity index is 535. The van der Waals surface area contributed by atoms with Crippen molar-refractivity contribution in [1.29, 1.82) is 0 Å². The number of nitro groups is 1. The van der Waals surface area contributed by atoms with Crippen molar-refractivity contribution < 1.29 is 19.6 Å². The number of anilines is 1. The molecule has 3 N–H and O–H groups in total. The van der Waals surface area contributed by atoms with Crippen molar-refractivity contribution in [1.82, 2.24) is 5.32 Å². The van der Waals surface area contributed by atoms with Gasteiger partial charge >= 0.3 is 12.0 Å². The van der Waals surface area contributed by atoms with E-state index in [0.717, 1.165) is 0 Å². The molecule has 0 saturated carbocycles. The van der Waals surface area contributed by atoms with E-state index in [0.29, 0.717) is 10.9 Å². The number of hydrogen-bond acceptors (Lipinski definition) is 4. The van der Waals surface area contributed by atoms with Crippen molar-refractivity contribution >= 4 is 39.3 Å². The zero-order chi connectivity index (χ0) is 15.1. The minimum Gasteiger partial charge on any atom is -0.481 e. The molecule has 0 fully saturated rings. The van der Waals surface area contributed by atoms with Crippen LogP contribution in [-0.2, 0) is 4.79 Å². The Labute approximate surface area is 122 Å². The Morgan fingerprint density at radius 3 is 2.70 bits per heavy atom. The molecule has 0 atom stereocenters. The molecule has 8 nitrogen and oxygen atoms in total. The number of aliphatic carboxylic acids is 1. The van der Waals surface area contributed by atoms with Gasteiger partial charge in [0.1, 0.15) is 0 Å². The molecule has 1 aromatic rings. The lowest BCUT2D eigenvalue weighted by atomic mass is 10.3. The number of carbonyl (C=O) groups excluding carboxylic acids is 1. The number of carbonyl (C=O) groups is 2. The zero-order valence-corrected chi connectivity index (χ0v) is 11.8. The number of benzene rings is 1. The van der Waals surface area contributed by atoms with E-state index >= 15 is 0 Å². The Kier molecular flexibility index (Phi) is 5.91. The average Bonchev–Trinajstić information content (AvgIpc) is 2.37. The number of nitrogens with one attached hydrogen (secondary N) is 2. The molecule has 1 aromatic carbocycles. The average molecular weight is 346 g/mol. The highest BCUT2D eigenvalue weighted by atomic mass is 79.9. The third-order valence-electron chi connectivity index (χ3n) is 2.26. The zero-order valence-electron chi connectivity index (χ0n) is 10.3. The fraction of sp³-hybridized carbons (Fsp3) is 0.273. The van der Waals surface area contributed by atoms with Gasteiger partial charge in [-0.15, -0.1) is 0 Å². The fourth-order valence-corrected chi connectivity index (χ4v) is 1.68. The van der Waals surface area contributed by atoms with Crippen LogP contribution in [-0.4, -0.2) is 28.6 Å². The van der Waals surface area contributed by atoms with Gasteiger partial charge in [-0.2, -0.15) is 0 Å². The third kappa shape index (κ3) is 5.22. The molecule has 1 rings (SSSR count). The molecule has 0 aromatic heterocycles. The van der Waals surface area contributed by atoms with Crippen LogP contribution in [0, 0.1) is 10.1 Å². The van der Waals surface area contributed by atoms with E-state index in [4.69, 9.17) is 5.11 Å². The van der Waals surface area contributed by atoms with Gasteiger partial charge in [0.25, 0.3) is 5.69 Å². The first-order chi connectivity index (χ1) is 9.40. The topological polar surface area (TPSA) is 122 Å². The molecule has 0 aliphatic heterocycles. The van der Waals surface area contributed by atoms with E-state index in [2.05, 4.69) is 26.6 Å². The van der Waals surface area contributed by atoms with E-state index in [1.807, 2.05) is 0 Å². The molecule has 0 saturated heterocycles. The molecule has 0 spiro atoms. The number of rotatable bonds is 6. The number of halogens is 1. The van der Waals surface area contributed by atoms with Gasteiger partial charge in [-0.05, 0) is 28.4 Å². The lowest BCUT2D eigenvalue weighted by molar-refractivity contribution is -0.384. The van der Waals surface area contributed by atoms with E-state index in [9.17, 15) is 19.7 Å². The maximum Gasteiger partial charge on any atom is 0.319 e. The highest BCUT2D eigenvalue weighted by molar-refractivity contribution is 9.10. The minimum absolute atomic E-state index is 0.0409. The molecule has 108 valence electrons. The highest BCUT2D eigenvalue weighted by Gasteiger charge is 2.11. The first kappa shape index (κ1) is 15.9. The SMILES string of the molecule is O=C(O)CCCNC(=O)Nc1cc([N+](=O)[O-])ccc1Br. The van der Waals surface area contributed by atoms with Crippen molar-refractivity contribution in [3.05, 3.63) is 32.8 Å². The molecular formula is C11H12BrN3O5. The molecule has 0 unspecified atom stereocenters. The summed E-state index contributed by atoms with van der Waals surface area (Å²) in [5.41, 5.74) is 0.115. The Morgan fingerprint density at radius 1 is 1.40 bits per heavy atom. The second-order valence-electron chi connectivity index (χ2n) is 3.80. The summed E-state index contributed by atoms with van der Waals surface area (Å²) in [6.45, 7) is 0.199. The molecule has 0 radical (unpaired) electrons. The van der Waals surface area contributed by atoms with Crippen molar-refractivity contribution in [3.63, 3.8) is 0 Å². The quantitative estimate of drug-likeness (QED) is 0.415. The number of carboxylic acids is 1. The molecule has 20 heavy (non-hydrogen) atoms. The maximum absolute atomic E-state index is 11.5. The Hall–Kier alpha value is -2.16. The summed E-state index contributed by atoms with van der Waals surface area (Å²) < 4.78 is 0.504. The van der Waals surface area contributed by atoms with Crippen molar-refractivity contribution in [2.75, 3.05) is 11.9 Å². The normalized spacial score (nSPS) is 9.85. The van der Waals surface area contributed by atoms with Crippen molar-refractivity contribution in [2.45, 2.75) is 12.8 Å². The number of hydrogen-bond donors (Lipinski definition) is 3. The van der Waals surface area contributed by atoms with E-state index < -0.39 is 16.9 Å². The van der Waals surface area contributed by atoms with Crippen LogP contribution in [0.25, 0.3) is 0 Å². The molecule has 0 aliphatic carbocycles. The minimum atomic E-state index is -0.936. The van der Waals surface area contributed by atoms with Crippen LogP contribution in [0.4, 0.5) is 16.2 Å². The summed E-state index contributed by atoms with van der Waals surface area (Å²) in [5, 5.41) is 24.0. The van der Waals surface area contributed by atoms with Crippen LogP contribution in [0.3, 0.4) is 0 Å². The van der Waals surface area contributed by atoms with Gasteiger partial charge in [-0.25, -0.2) is 4.79 Å². The van der Waals surface area contributed by atoms with Gasteiger partial charge in [0.2, 0.25) is 0 Å². The fourth-order valence-electron chi connectivity index (χ4n) is 1.33. The van der Waals surface area contributed by atoms with Crippen molar-refractivity contribution in [3.8, 4) is 0 Å². The van der Waals surface area contributed by atoms with Gasteiger partial charge in [0.05, 0.1) is 10.6 Å².